The Hall–Kier alpha value is -0.770. The molecule has 2 N–H and O–H groups in total. The maximum Gasteiger partial charge on any atom is 0.322 e. The van der Waals surface area contributed by atoms with Gasteiger partial charge in [0.1, 0.15) is 0 Å². The average molecular weight is 167 g/mol. The van der Waals surface area contributed by atoms with Gasteiger partial charge in [-0.25, -0.2) is 0 Å². The van der Waals surface area contributed by atoms with E-state index in [9.17, 15) is 9.59 Å². The van der Waals surface area contributed by atoms with Crippen molar-refractivity contribution >= 4 is 23.5 Å². The van der Waals surface area contributed by atoms with Gasteiger partial charge in [0.25, 0.3) is 0 Å². The van der Waals surface area contributed by atoms with E-state index < -0.39 is 23.2 Å². The van der Waals surface area contributed by atoms with E-state index >= 15 is 0 Å². The first-order chi connectivity index (χ1) is 4.45. The molecule has 10 heavy (non-hydrogen) atoms. The Morgan fingerprint density at radius 2 is 1.70 bits per heavy atom. The fraction of sp³-hybridized carbons (Fsp3) is 0.600. The van der Waals surface area contributed by atoms with Gasteiger partial charge in [-0.15, -0.1) is 11.6 Å². The molecule has 4 nitrogen and oxygen atoms in total. The second-order valence-electron chi connectivity index (χ2n) is 2.08. The van der Waals surface area contributed by atoms with Crippen molar-refractivity contribution in [3.8, 4) is 0 Å². The smallest absolute Gasteiger partial charge is 0.322 e. The number of carboxylic acids is 2. The van der Waals surface area contributed by atoms with Crippen molar-refractivity contribution in [2.75, 3.05) is 5.88 Å². The first-order valence-corrected chi connectivity index (χ1v) is 3.01. The molecule has 5 heteroatoms. The fourth-order valence-electron chi connectivity index (χ4n) is 0.206. The number of hydrogen-bond donors (Lipinski definition) is 2. The van der Waals surface area contributed by atoms with E-state index in [1.807, 2.05) is 0 Å². The van der Waals surface area contributed by atoms with Gasteiger partial charge in [-0.1, -0.05) is 0 Å². The Kier molecular flexibility index (Phi) is 2.65. The highest BCUT2D eigenvalue weighted by Crippen LogP contribution is 2.18. The highest BCUT2D eigenvalue weighted by Gasteiger charge is 2.40. The van der Waals surface area contributed by atoms with E-state index in [4.69, 9.17) is 21.8 Å². The van der Waals surface area contributed by atoms with Crippen LogP contribution < -0.4 is 0 Å². The summed E-state index contributed by atoms with van der Waals surface area (Å²) in [5.74, 6) is -3.28. The third-order valence-corrected chi connectivity index (χ3v) is 1.75. The minimum absolute atomic E-state index is 0.433. The molecule has 0 aliphatic carbocycles. The molecule has 0 saturated carbocycles. The molecule has 0 aromatic heterocycles. The van der Waals surface area contributed by atoms with Gasteiger partial charge in [0.05, 0.1) is 0 Å². The zero-order chi connectivity index (χ0) is 8.36. The molecule has 0 unspecified atom stereocenters. The number of aliphatic carboxylic acids is 2. The van der Waals surface area contributed by atoms with Crippen molar-refractivity contribution < 1.29 is 19.8 Å². The second kappa shape index (κ2) is 2.88. The summed E-state index contributed by atoms with van der Waals surface area (Å²) in [5, 5.41) is 16.7. The van der Waals surface area contributed by atoms with Crippen LogP contribution in [0.25, 0.3) is 0 Å². The maximum atomic E-state index is 10.2. The van der Waals surface area contributed by atoms with Crippen molar-refractivity contribution in [3.05, 3.63) is 0 Å². The summed E-state index contributed by atoms with van der Waals surface area (Å²) in [4.78, 5) is 20.5. The second-order valence-corrected chi connectivity index (χ2v) is 2.34. The molecule has 0 atom stereocenters. The molecule has 58 valence electrons. The molecule has 0 aliphatic heterocycles. The zero-order valence-corrected chi connectivity index (χ0v) is 6.05. The van der Waals surface area contributed by atoms with Gasteiger partial charge in [0.15, 0.2) is 5.41 Å². The number of halogens is 1. The van der Waals surface area contributed by atoms with Gasteiger partial charge in [0.2, 0.25) is 0 Å². The van der Waals surface area contributed by atoms with Crippen molar-refractivity contribution in [3.63, 3.8) is 0 Å². The monoisotopic (exact) mass is 166 g/mol. The minimum Gasteiger partial charge on any atom is -0.480 e. The SMILES string of the molecule is CC(CCl)(C(=O)O)C(=O)O. The van der Waals surface area contributed by atoms with Crippen LogP contribution in [-0.2, 0) is 9.59 Å². The predicted octanol–water partition coefficient (Wildman–Crippen LogP) is 0.401. The van der Waals surface area contributed by atoms with Gasteiger partial charge in [-0.05, 0) is 6.92 Å². The lowest BCUT2D eigenvalue weighted by atomic mass is 9.94. The lowest BCUT2D eigenvalue weighted by Crippen LogP contribution is -2.37. The number of alkyl halides is 1. The van der Waals surface area contributed by atoms with Crippen LogP contribution in [0, 0.1) is 5.41 Å². The first-order valence-electron chi connectivity index (χ1n) is 2.48. The van der Waals surface area contributed by atoms with Crippen molar-refractivity contribution in [2.45, 2.75) is 6.92 Å². The highest BCUT2D eigenvalue weighted by atomic mass is 35.5. The molecule has 0 heterocycles. The van der Waals surface area contributed by atoms with E-state index in [1.54, 1.807) is 0 Å². The average Bonchev–Trinajstić information content (AvgIpc) is 1.85. The topological polar surface area (TPSA) is 74.6 Å². The van der Waals surface area contributed by atoms with E-state index in [0.717, 1.165) is 6.92 Å². The summed E-state index contributed by atoms with van der Waals surface area (Å²) in [6.07, 6.45) is 0. The molecule has 0 rings (SSSR count). The van der Waals surface area contributed by atoms with Crippen LogP contribution in [0.2, 0.25) is 0 Å². The number of carbonyl (C=O) groups is 2. The Bertz CT molecular complexity index is 151. The fourth-order valence-corrected chi connectivity index (χ4v) is 0.434. The molecule has 0 bridgehead atoms. The number of carboxylic acid groups (broad SMARTS) is 2. The maximum absolute atomic E-state index is 10.2. The quantitative estimate of drug-likeness (QED) is 0.470. The van der Waals surface area contributed by atoms with Crippen LogP contribution in [0.4, 0.5) is 0 Å². The van der Waals surface area contributed by atoms with E-state index in [2.05, 4.69) is 0 Å². The Balaban J connectivity index is 4.55. The standard InChI is InChI=1S/C5H7ClO4/c1-5(2-6,3(7)8)4(9)10/h2H2,1H3,(H,7,8)(H,9,10). The van der Waals surface area contributed by atoms with Gasteiger partial charge in [0, 0.05) is 5.88 Å². The lowest BCUT2D eigenvalue weighted by Gasteiger charge is -2.14. The summed E-state index contributed by atoms with van der Waals surface area (Å²) >= 11 is 5.14. The largest absolute Gasteiger partial charge is 0.480 e. The molecule has 0 aliphatic rings. The molecule has 0 saturated heterocycles. The first kappa shape index (κ1) is 9.23. The van der Waals surface area contributed by atoms with Crippen LogP contribution >= 0.6 is 11.6 Å². The highest BCUT2D eigenvalue weighted by molar-refractivity contribution is 6.22. The Labute approximate surface area is 62.4 Å². The van der Waals surface area contributed by atoms with Crippen molar-refractivity contribution in [2.24, 2.45) is 5.41 Å². The van der Waals surface area contributed by atoms with E-state index in [1.165, 1.54) is 0 Å². The molecule has 0 aromatic carbocycles. The van der Waals surface area contributed by atoms with Gasteiger partial charge < -0.3 is 10.2 Å². The lowest BCUT2D eigenvalue weighted by molar-refractivity contribution is -0.161. The number of rotatable bonds is 3. The normalized spacial score (nSPS) is 11.0. The Morgan fingerprint density at radius 3 is 1.70 bits per heavy atom. The van der Waals surface area contributed by atoms with E-state index in [0.29, 0.717) is 0 Å². The van der Waals surface area contributed by atoms with E-state index in [-0.39, 0.29) is 0 Å². The van der Waals surface area contributed by atoms with Crippen molar-refractivity contribution in [1.29, 1.82) is 0 Å². The zero-order valence-electron chi connectivity index (χ0n) is 5.30. The third kappa shape index (κ3) is 1.39. The summed E-state index contributed by atoms with van der Waals surface area (Å²) in [6, 6.07) is 0. The summed E-state index contributed by atoms with van der Waals surface area (Å²) in [7, 11) is 0. The van der Waals surface area contributed by atoms with Crippen molar-refractivity contribution in [1.82, 2.24) is 0 Å². The molecular formula is C5H7ClO4. The van der Waals surface area contributed by atoms with Crippen LogP contribution in [0.1, 0.15) is 6.92 Å². The van der Waals surface area contributed by atoms with Gasteiger partial charge in [-0.3, -0.25) is 9.59 Å². The van der Waals surface area contributed by atoms with Gasteiger partial charge >= 0.3 is 11.9 Å². The summed E-state index contributed by atoms with van der Waals surface area (Å²) in [5.41, 5.74) is -1.86. The van der Waals surface area contributed by atoms with Crippen LogP contribution in [0.5, 0.6) is 0 Å². The summed E-state index contributed by atoms with van der Waals surface area (Å²) in [6.45, 7) is 1.06. The van der Waals surface area contributed by atoms with Crippen LogP contribution in [-0.4, -0.2) is 28.0 Å². The van der Waals surface area contributed by atoms with Gasteiger partial charge in [-0.2, -0.15) is 0 Å². The Morgan fingerprint density at radius 1 is 1.40 bits per heavy atom. The van der Waals surface area contributed by atoms with Crippen LogP contribution in [0.15, 0.2) is 0 Å². The number of hydrogen-bond acceptors (Lipinski definition) is 2. The predicted molar refractivity (Wildman–Crippen MR) is 34.1 cm³/mol. The summed E-state index contributed by atoms with van der Waals surface area (Å²) < 4.78 is 0. The molecule has 0 fully saturated rings. The van der Waals surface area contributed by atoms with Crippen LogP contribution in [0.3, 0.4) is 0 Å². The minimum atomic E-state index is -1.86. The molecule has 0 amide bonds. The molecule has 0 spiro atoms. The molecule has 0 aromatic rings. The molecular weight excluding hydrogens is 160 g/mol. The third-order valence-electron chi connectivity index (χ3n) is 1.21. The molecule has 0 radical (unpaired) electrons.